The van der Waals surface area contributed by atoms with E-state index < -0.39 is 17.9 Å². The molecule has 156 valence electrons. The zero-order chi connectivity index (χ0) is 21.0. The molecular weight excluding hydrogens is 428 g/mol. The van der Waals surface area contributed by atoms with E-state index in [-0.39, 0.29) is 32.2 Å². The van der Waals surface area contributed by atoms with Gasteiger partial charge in [-0.3, -0.25) is 14.4 Å². The Bertz CT molecular complexity index is 559. The van der Waals surface area contributed by atoms with E-state index in [2.05, 4.69) is 15.9 Å². The van der Waals surface area contributed by atoms with Gasteiger partial charge >= 0.3 is 17.9 Å². The van der Waals surface area contributed by atoms with Crippen molar-refractivity contribution in [1.29, 1.82) is 0 Å². The van der Waals surface area contributed by atoms with Crippen molar-refractivity contribution in [3.63, 3.8) is 0 Å². The van der Waals surface area contributed by atoms with Crippen LogP contribution in [-0.4, -0.2) is 43.1 Å². The summed E-state index contributed by atoms with van der Waals surface area (Å²) in [6.07, 6.45) is 15.5. The largest absolute Gasteiger partial charge is 0.465 e. The number of ether oxygens (including phenoxy) is 3. The molecule has 0 aliphatic carbocycles. The van der Waals surface area contributed by atoms with Gasteiger partial charge in [0.1, 0.15) is 6.61 Å². The molecule has 0 fully saturated rings. The van der Waals surface area contributed by atoms with Crippen LogP contribution in [0.4, 0.5) is 0 Å². The van der Waals surface area contributed by atoms with Gasteiger partial charge in [0.2, 0.25) is 0 Å². The third-order valence-electron chi connectivity index (χ3n) is 3.23. The lowest BCUT2D eigenvalue weighted by molar-refractivity contribution is -0.161. The predicted molar refractivity (Wildman–Crippen MR) is 112 cm³/mol. The molecule has 0 radical (unpaired) electrons. The maximum atomic E-state index is 11.8. The van der Waals surface area contributed by atoms with Crippen LogP contribution in [0, 0.1) is 5.92 Å². The highest BCUT2D eigenvalue weighted by Crippen LogP contribution is 2.10. The summed E-state index contributed by atoms with van der Waals surface area (Å²) in [5.41, 5.74) is 0. The standard InChI is InChI=1S/C21H29BrO6/c1-3-26-20(24)18(21(25)27-4-2)14-10-7-5-6-8-13-17-28-19(23)15-11-9-12-16-22/h5-10,12-13,18H,3-4,11,14-17H2,1-2H3/b6-5+,10-7+,12-9+,13-8-. The van der Waals surface area contributed by atoms with E-state index >= 15 is 0 Å². The van der Waals surface area contributed by atoms with E-state index in [4.69, 9.17) is 14.2 Å². The molecule has 0 amide bonds. The molecule has 7 heteroatoms. The van der Waals surface area contributed by atoms with Crippen molar-refractivity contribution in [2.45, 2.75) is 33.1 Å². The summed E-state index contributed by atoms with van der Waals surface area (Å²) < 4.78 is 14.9. The molecular formula is C21H29BrO6. The average Bonchev–Trinajstić information content (AvgIpc) is 2.67. The van der Waals surface area contributed by atoms with E-state index in [1.165, 1.54) is 0 Å². The van der Waals surface area contributed by atoms with Crippen molar-refractivity contribution < 1.29 is 28.6 Å². The average molecular weight is 457 g/mol. The van der Waals surface area contributed by atoms with Crippen LogP contribution in [0.25, 0.3) is 0 Å². The molecule has 0 heterocycles. The van der Waals surface area contributed by atoms with Gasteiger partial charge in [-0.2, -0.15) is 0 Å². The number of rotatable bonds is 14. The number of alkyl halides is 1. The number of halogens is 1. The lowest BCUT2D eigenvalue weighted by Crippen LogP contribution is -2.27. The Morgan fingerprint density at radius 3 is 2.00 bits per heavy atom. The van der Waals surface area contributed by atoms with Crippen LogP contribution in [0.1, 0.15) is 33.1 Å². The highest BCUT2D eigenvalue weighted by Gasteiger charge is 2.27. The summed E-state index contributed by atoms with van der Waals surface area (Å²) in [6.45, 7) is 4.00. The van der Waals surface area contributed by atoms with Crippen LogP contribution in [-0.2, 0) is 28.6 Å². The summed E-state index contributed by atoms with van der Waals surface area (Å²) in [6, 6.07) is 0. The number of carbonyl (C=O) groups excluding carboxylic acids is 3. The Hall–Kier alpha value is -2.15. The topological polar surface area (TPSA) is 78.9 Å². The lowest BCUT2D eigenvalue weighted by atomic mass is 10.1. The van der Waals surface area contributed by atoms with Crippen LogP contribution in [0.2, 0.25) is 0 Å². The first-order valence-electron chi connectivity index (χ1n) is 9.24. The minimum atomic E-state index is -0.955. The lowest BCUT2D eigenvalue weighted by Gasteiger charge is -2.12. The van der Waals surface area contributed by atoms with E-state index in [0.29, 0.717) is 12.8 Å². The Morgan fingerprint density at radius 1 is 0.821 bits per heavy atom. The molecule has 0 aliphatic rings. The fourth-order valence-corrected chi connectivity index (χ4v) is 2.19. The first-order valence-corrected chi connectivity index (χ1v) is 10.4. The molecule has 6 nitrogen and oxygen atoms in total. The van der Waals surface area contributed by atoms with Gasteiger partial charge in [0.25, 0.3) is 0 Å². The van der Waals surface area contributed by atoms with Crippen LogP contribution in [0.15, 0.2) is 48.6 Å². The van der Waals surface area contributed by atoms with E-state index in [1.54, 1.807) is 50.3 Å². The van der Waals surface area contributed by atoms with Crippen LogP contribution in [0.5, 0.6) is 0 Å². The van der Waals surface area contributed by atoms with Crippen molar-refractivity contribution in [3.8, 4) is 0 Å². The van der Waals surface area contributed by atoms with Gasteiger partial charge < -0.3 is 14.2 Å². The first kappa shape index (κ1) is 25.9. The zero-order valence-corrected chi connectivity index (χ0v) is 18.1. The van der Waals surface area contributed by atoms with Gasteiger partial charge in [-0.15, -0.1) is 0 Å². The minimum absolute atomic E-state index is 0.201. The molecule has 0 rings (SSSR count). The van der Waals surface area contributed by atoms with Gasteiger partial charge in [0, 0.05) is 11.8 Å². The van der Waals surface area contributed by atoms with Crippen molar-refractivity contribution in [3.05, 3.63) is 48.6 Å². The molecule has 0 spiro atoms. The number of allylic oxidation sites excluding steroid dienone is 7. The Balaban J connectivity index is 4.20. The highest BCUT2D eigenvalue weighted by molar-refractivity contribution is 9.09. The summed E-state index contributed by atoms with van der Waals surface area (Å²) in [5, 5.41) is 0.776. The Morgan fingerprint density at radius 2 is 1.43 bits per heavy atom. The number of hydrogen-bond donors (Lipinski definition) is 0. The Labute approximate surface area is 175 Å². The molecule has 28 heavy (non-hydrogen) atoms. The van der Waals surface area contributed by atoms with Gasteiger partial charge in [-0.1, -0.05) is 58.5 Å². The fourth-order valence-electron chi connectivity index (χ4n) is 1.93. The maximum absolute atomic E-state index is 11.8. The van der Waals surface area contributed by atoms with E-state index in [9.17, 15) is 14.4 Å². The van der Waals surface area contributed by atoms with Crippen molar-refractivity contribution in [2.75, 3.05) is 25.2 Å². The summed E-state index contributed by atoms with van der Waals surface area (Å²) in [5.74, 6) is -2.36. The second-order valence-electron chi connectivity index (χ2n) is 5.38. The van der Waals surface area contributed by atoms with E-state index in [0.717, 1.165) is 5.33 Å². The third-order valence-corrected chi connectivity index (χ3v) is 3.60. The summed E-state index contributed by atoms with van der Waals surface area (Å²) >= 11 is 3.27. The molecule has 0 bridgehead atoms. The van der Waals surface area contributed by atoms with Gasteiger partial charge in [0.05, 0.1) is 13.2 Å². The second kappa shape index (κ2) is 18.2. The zero-order valence-electron chi connectivity index (χ0n) is 16.5. The van der Waals surface area contributed by atoms with Crippen molar-refractivity contribution >= 4 is 33.8 Å². The normalized spacial score (nSPS) is 11.9. The quantitative estimate of drug-likeness (QED) is 0.0978. The van der Waals surface area contributed by atoms with Crippen LogP contribution in [0.3, 0.4) is 0 Å². The molecule has 0 unspecified atom stereocenters. The molecule has 0 aromatic carbocycles. The Kier molecular flexibility index (Phi) is 16.8. The maximum Gasteiger partial charge on any atom is 0.320 e. The molecule has 0 saturated carbocycles. The third kappa shape index (κ3) is 14.0. The highest BCUT2D eigenvalue weighted by atomic mass is 79.9. The van der Waals surface area contributed by atoms with Crippen LogP contribution < -0.4 is 0 Å². The number of hydrogen-bond acceptors (Lipinski definition) is 6. The predicted octanol–water partition coefficient (Wildman–Crippen LogP) is 4.06. The molecule has 0 aromatic heterocycles. The SMILES string of the molecule is CCOC(=O)C(C/C=C/C=C/C=C\COC(=O)CC/C=C/CBr)C(=O)OCC. The first-order chi connectivity index (χ1) is 13.6. The molecule has 0 atom stereocenters. The van der Waals surface area contributed by atoms with Crippen molar-refractivity contribution in [1.82, 2.24) is 0 Å². The summed E-state index contributed by atoms with van der Waals surface area (Å²) in [4.78, 5) is 35.1. The summed E-state index contributed by atoms with van der Waals surface area (Å²) in [7, 11) is 0. The van der Waals surface area contributed by atoms with E-state index in [1.807, 2.05) is 12.2 Å². The van der Waals surface area contributed by atoms with Crippen LogP contribution >= 0.6 is 15.9 Å². The monoisotopic (exact) mass is 456 g/mol. The van der Waals surface area contributed by atoms with Gasteiger partial charge in [-0.05, 0) is 32.8 Å². The molecule has 0 aliphatic heterocycles. The molecule has 0 aromatic rings. The smallest absolute Gasteiger partial charge is 0.320 e. The minimum Gasteiger partial charge on any atom is -0.465 e. The van der Waals surface area contributed by atoms with Crippen molar-refractivity contribution in [2.24, 2.45) is 5.92 Å². The number of esters is 3. The van der Waals surface area contributed by atoms with Gasteiger partial charge in [0.15, 0.2) is 5.92 Å². The fraction of sp³-hybridized carbons (Fsp3) is 0.476. The number of carbonyl (C=O) groups is 3. The second-order valence-corrected chi connectivity index (χ2v) is 6.03. The molecule has 0 N–H and O–H groups in total. The van der Waals surface area contributed by atoms with Gasteiger partial charge in [-0.25, -0.2) is 0 Å². The molecule has 0 saturated heterocycles.